The van der Waals surface area contributed by atoms with Crippen molar-refractivity contribution >= 4 is 5.91 Å². The zero-order valence-corrected chi connectivity index (χ0v) is 14.7. The van der Waals surface area contributed by atoms with E-state index in [0.29, 0.717) is 13.1 Å². The Morgan fingerprint density at radius 1 is 1.04 bits per heavy atom. The molecule has 0 atom stereocenters. The van der Waals surface area contributed by atoms with Gasteiger partial charge in [-0.25, -0.2) is 0 Å². The van der Waals surface area contributed by atoms with Gasteiger partial charge in [-0.2, -0.15) is 0 Å². The predicted octanol–water partition coefficient (Wildman–Crippen LogP) is 2.68. The van der Waals surface area contributed by atoms with Gasteiger partial charge in [0.05, 0.1) is 6.54 Å². The molecule has 1 saturated heterocycles. The first kappa shape index (κ1) is 17.4. The number of nitrogens with zero attached hydrogens (tertiary/aromatic N) is 1. The Hall–Kier alpha value is -1.39. The smallest absolute Gasteiger partial charge is 0.234 e. The molecule has 3 rings (SSSR count). The zero-order valence-electron chi connectivity index (χ0n) is 14.7. The van der Waals surface area contributed by atoms with Crippen LogP contribution in [0.2, 0.25) is 0 Å². The Bertz CT molecular complexity index is 519. The van der Waals surface area contributed by atoms with Crippen molar-refractivity contribution < 1.29 is 4.79 Å². The standard InChI is InChI=1S/C20H31N3O/c24-20(15-21-13-17-9-10-17)22-14-18-7-3-4-8-19(18)16-23-11-5-1-2-6-12-23/h3-4,7-8,17,21H,1-2,5-6,9-16H2,(H,22,24). The van der Waals surface area contributed by atoms with Gasteiger partial charge in [0, 0.05) is 13.1 Å². The molecular formula is C20H31N3O. The fourth-order valence-electron chi connectivity index (χ4n) is 3.39. The van der Waals surface area contributed by atoms with E-state index in [0.717, 1.165) is 19.0 Å². The van der Waals surface area contributed by atoms with Crippen molar-refractivity contribution in [1.82, 2.24) is 15.5 Å². The minimum absolute atomic E-state index is 0.0974. The number of hydrogen-bond acceptors (Lipinski definition) is 3. The summed E-state index contributed by atoms with van der Waals surface area (Å²) in [5, 5.41) is 6.31. The largest absolute Gasteiger partial charge is 0.351 e. The third kappa shape index (κ3) is 5.91. The molecule has 1 aliphatic carbocycles. The van der Waals surface area contributed by atoms with Gasteiger partial charge in [-0.15, -0.1) is 0 Å². The van der Waals surface area contributed by atoms with E-state index in [4.69, 9.17) is 0 Å². The van der Waals surface area contributed by atoms with Gasteiger partial charge in [0.1, 0.15) is 0 Å². The first-order valence-corrected chi connectivity index (χ1v) is 9.58. The van der Waals surface area contributed by atoms with E-state index in [1.165, 1.54) is 62.7 Å². The number of rotatable bonds is 8. The van der Waals surface area contributed by atoms with Crippen LogP contribution in [-0.2, 0) is 17.9 Å². The fraction of sp³-hybridized carbons (Fsp3) is 0.650. The molecule has 0 aromatic heterocycles. The normalized spacial score (nSPS) is 19.0. The molecule has 2 N–H and O–H groups in total. The fourth-order valence-corrected chi connectivity index (χ4v) is 3.39. The molecule has 0 unspecified atom stereocenters. The summed E-state index contributed by atoms with van der Waals surface area (Å²) in [6.45, 7) is 5.46. The summed E-state index contributed by atoms with van der Waals surface area (Å²) in [6, 6.07) is 8.53. The van der Waals surface area contributed by atoms with Crippen molar-refractivity contribution in [2.24, 2.45) is 5.92 Å². The number of carbonyl (C=O) groups is 1. The van der Waals surface area contributed by atoms with Gasteiger partial charge in [-0.3, -0.25) is 9.69 Å². The highest BCUT2D eigenvalue weighted by Crippen LogP contribution is 2.27. The quantitative estimate of drug-likeness (QED) is 0.771. The van der Waals surface area contributed by atoms with Crippen LogP contribution in [0, 0.1) is 5.92 Å². The van der Waals surface area contributed by atoms with Crippen LogP contribution in [0.15, 0.2) is 24.3 Å². The van der Waals surface area contributed by atoms with Gasteiger partial charge in [0.15, 0.2) is 0 Å². The van der Waals surface area contributed by atoms with Crippen LogP contribution in [0.4, 0.5) is 0 Å². The third-order valence-corrected chi connectivity index (χ3v) is 5.10. The maximum absolute atomic E-state index is 12.0. The molecule has 1 aromatic carbocycles. The highest BCUT2D eigenvalue weighted by molar-refractivity contribution is 5.78. The van der Waals surface area contributed by atoms with E-state index in [-0.39, 0.29) is 5.91 Å². The van der Waals surface area contributed by atoms with E-state index in [9.17, 15) is 4.79 Å². The highest BCUT2D eigenvalue weighted by Gasteiger charge is 2.20. The second-order valence-electron chi connectivity index (χ2n) is 7.31. The molecule has 0 radical (unpaired) electrons. The highest BCUT2D eigenvalue weighted by atomic mass is 16.1. The Morgan fingerprint density at radius 3 is 2.46 bits per heavy atom. The van der Waals surface area contributed by atoms with E-state index in [1.54, 1.807) is 0 Å². The lowest BCUT2D eigenvalue weighted by molar-refractivity contribution is -0.120. The van der Waals surface area contributed by atoms with Crippen LogP contribution in [0.1, 0.15) is 49.7 Å². The summed E-state index contributed by atoms with van der Waals surface area (Å²) in [6.07, 6.45) is 7.98. The van der Waals surface area contributed by atoms with E-state index >= 15 is 0 Å². The lowest BCUT2D eigenvalue weighted by Crippen LogP contribution is -2.34. The Morgan fingerprint density at radius 2 is 1.75 bits per heavy atom. The predicted molar refractivity (Wildman–Crippen MR) is 97.6 cm³/mol. The van der Waals surface area contributed by atoms with Crippen LogP contribution in [-0.4, -0.2) is 37.0 Å². The average molecular weight is 329 g/mol. The lowest BCUT2D eigenvalue weighted by atomic mass is 10.1. The van der Waals surface area contributed by atoms with Crippen LogP contribution < -0.4 is 10.6 Å². The van der Waals surface area contributed by atoms with Crippen molar-refractivity contribution in [1.29, 1.82) is 0 Å². The topological polar surface area (TPSA) is 44.4 Å². The number of hydrogen-bond donors (Lipinski definition) is 2. The zero-order chi connectivity index (χ0) is 16.6. The van der Waals surface area contributed by atoms with Gasteiger partial charge >= 0.3 is 0 Å². The molecular weight excluding hydrogens is 298 g/mol. The number of benzene rings is 1. The van der Waals surface area contributed by atoms with Crippen LogP contribution in [0.25, 0.3) is 0 Å². The molecule has 132 valence electrons. The molecule has 1 aromatic rings. The first-order chi connectivity index (χ1) is 11.8. The molecule has 2 fully saturated rings. The van der Waals surface area contributed by atoms with Crippen molar-refractivity contribution in [2.75, 3.05) is 26.2 Å². The van der Waals surface area contributed by atoms with Gasteiger partial charge in [0.25, 0.3) is 0 Å². The maximum Gasteiger partial charge on any atom is 0.234 e. The van der Waals surface area contributed by atoms with Crippen molar-refractivity contribution in [2.45, 2.75) is 51.6 Å². The van der Waals surface area contributed by atoms with Crippen molar-refractivity contribution in [3.63, 3.8) is 0 Å². The molecule has 4 nitrogen and oxygen atoms in total. The van der Waals surface area contributed by atoms with Gasteiger partial charge < -0.3 is 10.6 Å². The Balaban J connectivity index is 1.46. The van der Waals surface area contributed by atoms with E-state index in [2.05, 4.69) is 39.8 Å². The lowest BCUT2D eigenvalue weighted by Gasteiger charge is -2.21. The van der Waals surface area contributed by atoms with Crippen molar-refractivity contribution in [3.05, 3.63) is 35.4 Å². The van der Waals surface area contributed by atoms with Crippen molar-refractivity contribution in [3.8, 4) is 0 Å². The van der Waals surface area contributed by atoms with Crippen LogP contribution in [0.3, 0.4) is 0 Å². The number of carbonyl (C=O) groups excluding carboxylic acids is 1. The number of amides is 1. The summed E-state index contributed by atoms with van der Waals surface area (Å²) in [5.41, 5.74) is 2.60. The minimum atomic E-state index is 0.0974. The first-order valence-electron chi connectivity index (χ1n) is 9.58. The maximum atomic E-state index is 12.0. The average Bonchev–Trinajstić information content (AvgIpc) is 3.42. The molecule has 1 heterocycles. The molecule has 0 bridgehead atoms. The molecule has 1 saturated carbocycles. The second-order valence-corrected chi connectivity index (χ2v) is 7.31. The van der Waals surface area contributed by atoms with E-state index < -0.39 is 0 Å². The van der Waals surface area contributed by atoms with E-state index in [1.807, 2.05) is 0 Å². The number of likely N-dealkylation sites (tertiary alicyclic amines) is 1. The molecule has 2 aliphatic rings. The summed E-state index contributed by atoms with van der Waals surface area (Å²) >= 11 is 0. The van der Waals surface area contributed by atoms with Gasteiger partial charge in [-0.1, -0.05) is 37.1 Å². The monoisotopic (exact) mass is 329 g/mol. The number of nitrogens with one attached hydrogen (secondary N) is 2. The summed E-state index contributed by atoms with van der Waals surface area (Å²) in [5.74, 6) is 0.910. The summed E-state index contributed by atoms with van der Waals surface area (Å²) in [4.78, 5) is 14.5. The Labute approximate surface area is 146 Å². The summed E-state index contributed by atoms with van der Waals surface area (Å²) < 4.78 is 0. The molecule has 24 heavy (non-hydrogen) atoms. The second kappa shape index (κ2) is 9.19. The SMILES string of the molecule is O=C(CNCC1CC1)NCc1ccccc1CN1CCCCCC1. The Kier molecular flexibility index (Phi) is 6.67. The molecule has 1 amide bonds. The summed E-state index contributed by atoms with van der Waals surface area (Å²) in [7, 11) is 0. The molecule has 1 aliphatic heterocycles. The minimum Gasteiger partial charge on any atom is -0.351 e. The van der Waals surface area contributed by atoms with Crippen LogP contribution >= 0.6 is 0 Å². The van der Waals surface area contributed by atoms with Gasteiger partial charge in [-0.05, 0) is 62.4 Å². The van der Waals surface area contributed by atoms with Gasteiger partial charge in [0.2, 0.25) is 5.91 Å². The molecule has 0 spiro atoms. The third-order valence-electron chi connectivity index (χ3n) is 5.10. The molecule has 4 heteroatoms. The van der Waals surface area contributed by atoms with Crippen LogP contribution in [0.5, 0.6) is 0 Å².